The molecule has 66 heavy (non-hydrogen) atoms. The summed E-state index contributed by atoms with van der Waals surface area (Å²) < 4.78 is 0. The van der Waals surface area contributed by atoms with Crippen molar-refractivity contribution in [1.29, 1.82) is 0 Å². The summed E-state index contributed by atoms with van der Waals surface area (Å²) in [5, 5.41) is 0. The van der Waals surface area contributed by atoms with E-state index in [2.05, 4.69) is 186 Å². The summed E-state index contributed by atoms with van der Waals surface area (Å²) in [5.74, 6) is 8.67. The third-order valence-electron chi connectivity index (χ3n) is 15.4. The summed E-state index contributed by atoms with van der Waals surface area (Å²) in [6.45, 7) is 11.9. The van der Waals surface area contributed by atoms with Gasteiger partial charge in [0.1, 0.15) is 0 Å². The Bertz CT molecular complexity index is 1510. The molecule has 0 aromatic heterocycles. The van der Waals surface area contributed by atoms with Crippen molar-refractivity contribution in [2.24, 2.45) is 29.6 Å². The maximum absolute atomic E-state index is 2.38. The van der Waals surface area contributed by atoms with E-state index in [0.717, 1.165) is 59.2 Å². The standard InChI is InChI=1S/5C12H16.6CH4/c5*1-10-6-5-9-12(10)11-7-3-2-4-8-11;;;;;;/h5*2-4,7-8,10,12H,5-6,9H2,1H3;6*1H4. The van der Waals surface area contributed by atoms with E-state index in [9.17, 15) is 0 Å². The topological polar surface area (TPSA) is 0 Å². The van der Waals surface area contributed by atoms with Crippen molar-refractivity contribution in [3.63, 3.8) is 0 Å². The highest BCUT2D eigenvalue weighted by Crippen LogP contribution is 2.42. The van der Waals surface area contributed by atoms with Gasteiger partial charge < -0.3 is 0 Å². The zero-order valence-electron chi connectivity index (χ0n) is 38.3. The van der Waals surface area contributed by atoms with Gasteiger partial charge in [-0.1, -0.05) is 295 Å². The Hall–Kier alpha value is -3.90. The Kier molecular flexibility index (Phi) is 31.6. The van der Waals surface area contributed by atoms with Gasteiger partial charge in [0.15, 0.2) is 0 Å². The zero-order chi connectivity index (χ0) is 41.9. The molecule has 5 saturated carbocycles. The molecule has 10 atom stereocenters. The summed E-state index contributed by atoms with van der Waals surface area (Å²) in [4.78, 5) is 0. The van der Waals surface area contributed by atoms with E-state index in [1.807, 2.05) is 0 Å². The van der Waals surface area contributed by atoms with E-state index in [4.69, 9.17) is 0 Å². The van der Waals surface area contributed by atoms with Gasteiger partial charge in [0.25, 0.3) is 0 Å². The van der Waals surface area contributed by atoms with Gasteiger partial charge in [-0.2, -0.15) is 0 Å². The molecule has 0 bridgehead atoms. The zero-order valence-corrected chi connectivity index (χ0v) is 38.3. The molecule has 0 heteroatoms. The molecule has 0 spiro atoms. The fraction of sp³-hybridized carbons (Fsp3) is 0.545. The van der Waals surface area contributed by atoms with Gasteiger partial charge in [-0.05, 0) is 119 Å². The van der Waals surface area contributed by atoms with E-state index in [1.54, 1.807) is 27.8 Å². The molecule has 368 valence electrons. The van der Waals surface area contributed by atoms with Gasteiger partial charge in [-0.25, -0.2) is 0 Å². The van der Waals surface area contributed by atoms with Gasteiger partial charge >= 0.3 is 0 Å². The molecule has 0 heterocycles. The molecule has 5 aromatic carbocycles. The van der Waals surface area contributed by atoms with Gasteiger partial charge in [-0.3, -0.25) is 0 Å². The van der Waals surface area contributed by atoms with E-state index < -0.39 is 0 Å². The molecule has 5 aliphatic carbocycles. The number of benzene rings is 5. The van der Waals surface area contributed by atoms with Crippen molar-refractivity contribution >= 4 is 0 Å². The molecule has 0 N–H and O–H groups in total. The Labute approximate surface area is 412 Å². The molecular weight excluding hydrogens is 793 g/mol. The minimum Gasteiger partial charge on any atom is -0.0776 e. The van der Waals surface area contributed by atoms with Crippen LogP contribution in [0, 0.1) is 29.6 Å². The van der Waals surface area contributed by atoms with Crippen molar-refractivity contribution in [3.05, 3.63) is 179 Å². The first-order valence-corrected chi connectivity index (χ1v) is 24.6. The van der Waals surface area contributed by atoms with Crippen LogP contribution in [-0.4, -0.2) is 0 Å². The first-order valence-electron chi connectivity index (χ1n) is 24.6. The van der Waals surface area contributed by atoms with Crippen molar-refractivity contribution < 1.29 is 0 Å². The van der Waals surface area contributed by atoms with Crippen LogP contribution in [0.2, 0.25) is 0 Å². The fourth-order valence-corrected chi connectivity index (χ4v) is 11.7. The summed E-state index contributed by atoms with van der Waals surface area (Å²) in [7, 11) is 0. The molecule has 5 fully saturated rings. The normalized spacial score (nSPS) is 26.4. The minimum atomic E-state index is 0. The van der Waals surface area contributed by atoms with Crippen LogP contribution in [0.5, 0.6) is 0 Å². The van der Waals surface area contributed by atoms with Crippen molar-refractivity contribution in [1.82, 2.24) is 0 Å². The number of hydrogen-bond donors (Lipinski definition) is 0. The highest BCUT2D eigenvalue weighted by Gasteiger charge is 2.27. The summed E-state index contributed by atoms with van der Waals surface area (Å²) in [6.07, 6.45) is 21.1. The van der Waals surface area contributed by atoms with Crippen molar-refractivity contribution in [2.45, 2.75) is 205 Å². The second-order valence-corrected chi connectivity index (χ2v) is 19.6. The summed E-state index contributed by atoms with van der Waals surface area (Å²) >= 11 is 0. The lowest BCUT2D eigenvalue weighted by Gasteiger charge is -2.14. The monoisotopic (exact) mass is 897 g/mol. The van der Waals surface area contributed by atoms with Crippen LogP contribution in [0.25, 0.3) is 0 Å². The fourth-order valence-electron chi connectivity index (χ4n) is 11.7. The molecule has 0 amide bonds. The lowest BCUT2D eigenvalue weighted by atomic mass is 9.90. The Morgan fingerprint density at radius 2 is 0.348 bits per heavy atom. The SMILES string of the molecule is C.C.C.C.C.C.CC1CCCC1c1ccccc1.CC1CCCC1c1ccccc1.CC1CCCC1c1ccccc1.CC1CCCC1c1ccccc1.CC1CCCC1c1ccccc1. The second kappa shape index (κ2) is 33.6. The second-order valence-electron chi connectivity index (χ2n) is 19.6. The molecule has 10 rings (SSSR count). The van der Waals surface area contributed by atoms with E-state index in [1.165, 1.54) is 96.3 Å². The summed E-state index contributed by atoms with van der Waals surface area (Å²) in [5.41, 5.74) is 7.72. The molecule has 10 unspecified atom stereocenters. The molecule has 0 nitrogen and oxygen atoms in total. The Morgan fingerprint density at radius 3 is 0.455 bits per heavy atom. The van der Waals surface area contributed by atoms with Crippen LogP contribution in [0.3, 0.4) is 0 Å². The maximum Gasteiger partial charge on any atom is -0.0136 e. The van der Waals surface area contributed by atoms with Crippen LogP contribution in [0.1, 0.15) is 233 Å². The molecule has 5 aliphatic rings. The number of hydrogen-bond acceptors (Lipinski definition) is 0. The van der Waals surface area contributed by atoms with Crippen LogP contribution >= 0.6 is 0 Å². The summed E-state index contributed by atoms with van der Waals surface area (Å²) in [6, 6.07) is 54.7. The minimum absolute atomic E-state index is 0. The van der Waals surface area contributed by atoms with Gasteiger partial charge in [0, 0.05) is 0 Å². The van der Waals surface area contributed by atoms with E-state index >= 15 is 0 Å². The predicted octanol–water partition coefficient (Wildman–Crippen LogP) is 21.8. The van der Waals surface area contributed by atoms with Gasteiger partial charge in [-0.15, -0.1) is 0 Å². The van der Waals surface area contributed by atoms with Crippen molar-refractivity contribution in [2.75, 3.05) is 0 Å². The highest BCUT2D eigenvalue weighted by molar-refractivity contribution is 5.24. The van der Waals surface area contributed by atoms with E-state index in [0.29, 0.717) is 0 Å². The molecule has 5 aromatic rings. The number of rotatable bonds is 5. The highest BCUT2D eigenvalue weighted by atomic mass is 14.3. The van der Waals surface area contributed by atoms with Gasteiger partial charge in [0.2, 0.25) is 0 Å². The molecule has 0 radical (unpaired) electrons. The van der Waals surface area contributed by atoms with Crippen molar-refractivity contribution in [3.8, 4) is 0 Å². The Morgan fingerprint density at radius 1 is 0.212 bits per heavy atom. The third-order valence-corrected chi connectivity index (χ3v) is 15.4. The largest absolute Gasteiger partial charge is 0.0776 e. The lowest BCUT2D eigenvalue weighted by molar-refractivity contribution is 0.533. The average Bonchev–Trinajstić information content (AvgIpc) is 4.17. The van der Waals surface area contributed by atoms with E-state index in [-0.39, 0.29) is 44.6 Å². The van der Waals surface area contributed by atoms with Crippen LogP contribution in [0.4, 0.5) is 0 Å². The maximum atomic E-state index is 2.38. The van der Waals surface area contributed by atoms with Crippen LogP contribution in [0.15, 0.2) is 152 Å². The van der Waals surface area contributed by atoms with Crippen LogP contribution < -0.4 is 0 Å². The third kappa shape index (κ3) is 18.6. The molecule has 0 saturated heterocycles. The smallest absolute Gasteiger partial charge is 0.0136 e. The van der Waals surface area contributed by atoms with Crippen LogP contribution in [-0.2, 0) is 0 Å². The average molecular weight is 898 g/mol. The molecular formula is C66H104. The molecule has 0 aliphatic heterocycles. The van der Waals surface area contributed by atoms with Gasteiger partial charge in [0.05, 0.1) is 0 Å². The quantitative estimate of drug-likeness (QED) is 0.165. The first-order chi connectivity index (χ1) is 29.4. The first kappa shape index (κ1) is 62.1. The predicted molar refractivity (Wildman–Crippen MR) is 301 cm³/mol. The Balaban J connectivity index is 0.000000782. The lowest BCUT2D eigenvalue weighted by Crippen LogP contribution is -2.00.